The van der Waals surface area contributed by atoms with Crippen LogP contribution in [0.1, 0.15) is 29.0 Å². The van der Waals surface area contributed by atoms with Crippen LogP contribution in [0.2, 0.25) is 0 Å². The predicted octanol–water partition coefficient (Wildman–Crippen LogP) is 3.14. The smallest absolute Gasteiger partial charge is 0.0233 e. The van der Waals surface area contributed by atoms with Crippen LogP contribution in [0.4, 0.5) is 0 Å². The van der Waals surface area contributed by atoms with E-state index < -0.39 is 0 Å². The molecule has 0 aromatic heterocycles. The van der Waals surface area contributed by atoms with Gasteiger partial charge in [0, 0.05) is 11.0 Å². The zero-order valence-corrected chi connectivity index (χ0v) is 10.3. The van der Waals surface area contributed by atoms with Gasteiger partial charge in [0.05, 0.1) is 0 Å². The summed E-state index contributed by atoms with van der Waals surface area (Å²) in [5.41, 5.74) is 4.20. The summed E-state index contributed by atoms with van der Waals surface area (Å²) in [6.45, 7) is 6.64. The molecule has 1 aromatic rings. The Bertz CT molecular complexity index is 317. The molecule has 1 aliphatic heterocycles. The van der Waals surface area contributed by atoms with Crippen LogP contribution >= 0.6 is 15.9 Å². The van der Waals surface area contributed by atoms with Crippen LogP contribution in [0.25, 0.3) is 0 Å². The summed E-state index contributed by atoms with van der Waals surface area (Å²) in [5.74, 6) is 0.723. The van der Waals surface area contributed by atoms with Crippen LogP contribution in [0.15, 0.2) is 16.6 Å². The van der Waals surface area contributed by atoms with Crippen molar-refractivity contribution in [3.8, 4) is 0 Å². The Morgan fingerprint density at radius 3 is 2.43 bits per heavy atom. The zero-order valence-electron chi connectivity index (χ0n) is 8.73. The second-order valence-corrected chi connectivity index (χ2v) is 4.95. The van der Waals surface area contributed by atoms with Crippen molar-refractivity contribution in [3.63, 3.8) is 0 Å². The molecule has 1 aliphatic rings. The van der Waals surface area contributed by atoms with Crippen molar-refractivity contribution in [1.82, 2.24) is 5.32 Å². The minimum atomic E-state index is 0.723. The van der Waals surface area contributed by atoms with Gasteiger partial charge in [-0.2, -0.15) is 0 Å². The van der Waals surface area contributed by atoms with Crippen molar-refractivity contribution in [2.24, 2.45) is 0 Å². The van der Waals surface area contributed by atoms with E-state index in [-0.39, 0.29) is 0 Å². The third-order valence-corrected chi connectivity index (χ3v) is 4.24. The molecule has 2 rings (SSSR count). The van der Waals surface area contributed by atoms with Gasteiger partial charge in [0.25, 0.3) is 0 Å². The Hall–Kier alpha value is -0.340. The highest BCUT2D eigenvalue weighted by molar-refractivity contribution is 9.10. The largest absolute Gasteiger partial charge is 0.316 e. The van der Waals surface area contributed by atoms with Gasteiger partial charge >= 0.3 is 0 Å². The predicted molar refractivity (Wildman–Crippen MR) is 63.8 cm³/mol. The van der Waals surface area contributed by atoms with Gasteiger partial charge in [0.15, 0.2) is 0 Å². The Morgan fingerprint density at radius 1 is 1.29 bits per heavy atom. The number of hydrogen-bond donors (Lipinski definition) is 1. The Kier molecular flexibility index (Phi) is 2.93. The molecule has 2 heteroatoms. The summed E-state index contributed by atoms with van der Waals surface area (Å²) in [7, 11) is 0. The maximum absolute atomic E-state index is 3.61. The van der Waals surface area contributed by atoms with E-state index in [1.807, 2.05) is 0 Å². The highest BCUT2D eigenvalue weighted by Crippen LogP contribution is 2.29. The number of aryl methyl sites for hydroxylation is 2. The lowest BCUT2D eigenvalue weighted by atomic mass is 9.95. The van der Waals surface area contributed by atoms with Crippen LogP contribution in [0.3, 0.4) is 0 Å². The fourth-order valence-corrected chi connectivity index (χ4v) is 2.38. The van der Waals surface area contributed by atoms with E-state index in [0.717, 1.165) is 12.5 Å². The van der Waals surface area contributed by atoms with Crippen LogP contribution in [-0.2, 0) is 0 Å². The van der Waals surface area contributed by atoms with Gasteiger partial charge in [0.2, 0.25) is 0 Å². The average Bonchev–Trinajstić information content (AvgIpc) is 2.66. The molecule has 1 saturated heterocycles. The average molecular weight is 254 g/mol. The quantitative estimate of drug-likeness (QED) is 0.811. The molecule has 1 fully saturated rings. The summed E-state index contributed by atoms with van der Waals surface area (Å²) < 4.78 is 1.26. The summed E-state index contributed by atoms with van der Waals surface area (Å²) >= 11 is 3.61. The van der Waals surface area contributed by atoms with Crippen molar-refractivity contribution >= 4 is 15.9 Å². The van der Waals surface area contributed by atoms with Crippen LogP contribution in [0, 0.1) is 13.8 Å². The maximum Gasteiger partial charge on any atom is 0.0233 e. The Labute approximate surface area is 94.0 Å². The maximum atomic E-state index is 3.61. The van der Waals surface area contributed by atoms with Gasteiger partial charge < -0.3 is 5.32 Å². The highest BCUT2D eigenvalue weighted by atomic mass is 79.9. The van der Waals surface area contributed by atoms with Crippen molar-refractivity contribution in [3.05, 3.63) is 33.3 Å². The lowest BCUT2D eigenvalue weighted by Crippen LogP contribution is -2.08. The van der Waals surface area contributed by atoms with Crippen LogP contribution in [0.5, 0.6) is 0 Å². The first-order valence-corrected chi connectivity index (χ1v) is 5.95. The first kappa shape index (κ1) is 10.2. The van der Waals surface area contributed by atoms with E-state index in [9.17, 15) is 0 Å². The molecular weight excluding hydrogens is 238 g/mol. The fraction of sp³-hybridized carbons (Fsp3) is 0.500. The van der Waals surface area contributed by atoms with Crippen molar-refractivity contribution in [2.45, 2.75) is 26.2 Å². The minimum Gasteiger partial charge on any atom is -0.316 e. The van der Waals surface area contributed by atoms with Gasteiger partial charge in [-0.1, -0.05) is 28.1 Å². The second-order valence-electron chi connectivity index (χ2n) is 4.16. The molecule has 1 aromatic carbocycles. The third-order valence-electron chi connectivity index (χ3n) is 2.99. The molecule has 0 radical (unpaired) electrons. The SMILES string of the molecule is Cc1cc(C2CCNC2)cc(C)c1Br. The van der Waals surface area contributed by atoms with Gasteiger partial charge in [-0.05, 0) is 49.4 Å². The first-order chi connectivity index (χ1) is 6.68. The molecule has 14 heavy (non-hydrogen) atoms. The van der Waals surface area contributed by atoms with E-state index in [1.54, 1.807) is 0 Å². The lowest BCUT2D eigenvalue weighted by molar-refractivity contribution is 0.761. The Balaban J connectivity index is 2.34. The van der Waals surface area contributed by atoms with Crippen molar-refractivity contribution in [1.29, 1.82) is 0 Å². The molecule has 0 saturated carbocycles. The van der Waals surface area contributed by atoms with Gasteiger partial charge in [0.1, 0.15) is 0 Å². The monoisotopic (exact) mass is 253 g/mol. The van der Waals surface area contributed by atoms with E-state index in [2.05, 4.69) is 47.2 Å². The van der Waals surface area contributed by atoms with E-state index in [4.69, 9.17) is 0 Å². The van der Waals surface area contributed by atoms with Crippen LogP contribution < -0.4 is 5.32 Å². The van der Waals surface area contributed by atoms with E-state index >= 15 is 0 Å². The third kappa shape index (κ3) is 1.86. The molecule has 0 aliphatic carbocycles. The molecule has 1 N–H and O–H groups in total. The summed E-state index contributed by atoms with van der Waals surface area (Å²) in [6.07, 6.45) is 1.28. The topological polar surface area (TPSA) is 12.0 Å². The van der Waals surface area contributed by atoms with Crippen molar-refractivity contribution in [2.75, 3.05) is 13.1 Å². The number of halogens is 1. The lowest BCUT2D eigenvalue weighted by Gasteiger charge is -2.12. The number of benzene rings is 1. The molecule has 0 spiro atoms. The molecule has 1 atom stereocenters. The van der Waals surface area contributed by atoms with Crippen molar-refractivity contribution < 1.29 is 0 Å². The molecular formula is C12H16BrN. The molecule has 76 valence electrons. The summed E-state index contributed by atoms with van der Waals surface area (Å²) in [4.78, 5) is 0. The molecule has 1 unspecified atom stereocenters. The zero-order chi connectivity index (χ0) is 10.1. The number of hydrogen-bond acceptors (Lipinski definition) is 1. The summed E-state index contributed by atoms with van der Waals surface area (Å²) in [5, 5.41) is 3.41. The summed E-state index contributed by atoms with van der Waals surface area (Å²) in [6, 6.07) is 4.63. The minimum absolute atomic E-state index is 0.723. The van der Waals surface area contributed by atoms with E-state index in [1.165, 1.54) is 34.1 Å². The molecule has 0 amide bonds. The standard InChI is InChI=1S/C12H16BrN/c1-8-5-11(6-9(2)12(8)13)10-3-4-14-7-10/h5-6,10,14H,3-4,7H2,1-2H3. The fourth-order valence-electron chi connectivity index (χ4n) is 2.15. The van der Waals surface area contributed by atoms with Crippen LogP contribution in [-0.4, -0.2) is 13.1 Å². The second kappa shape index (κ2) is 4.03. The number of nitrogens with one attached hydrogen (secondary N) is 1. The first-order valence-electron chi connectivity index (χ1n) is 5.16. The Morgan fingerprint density at radius 2 is 1.93 bits per heavy atom. The van der Waals surface area contributed by atoms with Gasteiger partial charge in [-0.25, -0.2) is 0 Å². The normalized spacial score (nSPS) is 21.5. The molecule has 1 heterocycles. The highest BCUT2D eigenvalue weighted by Gasteiger charge is 2.17. The van der Waals surface area contributed by atoms with E-state index in [0.29, 0.717) is 0 Å². The van der Waals surface area contributed by atoms with Gasteiger partial charge in [-0.15, -0.1) is 0 Å². The van der Waals surface area contributed by atoms with Gasteiger partial charge in [-0.3, -0.25) is 0 Å². The molecule has 1 nitrogen and oxygen atoms in total. The number of rotatable bonds is 1. The molecule has 0 bridgehead atoms.